The van der Waals surface area contributed by atoms with Crippen LogP contribution < -0.4 is 11.1 Å². The van der Waals surface area contributed by atoms with Crippen LogP contribution in [0.4, 0.5) is 16.5 Å². The molecule has 1 saturated heterocycles. The third-order valence-corrected chi connectivity index (χ3v) is 7.28. The number of ether oxygens (including phenoxy) is 1. The van der Waals surface area contributed by atoms with E-state index in [9.17, 15) is 10.1 Å². The molecule has 5 rings (SSSR count). The van der Waals surface area contributed by atoms with Gasteiger partial charge in [-0.25, -0.2) is 4.98 Å². The standard InChI is InChI=1S/C26H22ClN5O2S/c1-15-2-8-18(9-3-15)30-25-21(26(33)32-10-12-34-13-11-32)22-23(35-25)20(19(14-28)24(29)31-22)16-4-6-17(27)7-5-16/h2-9,30H,10-13H2,1H3,(H2,29,31). The number of aromatic nitrogens is 1. The summed E-state index contributed by atoms with van der Waals surface area (Å²) < 4.78 is 6.15. The molecule has 0 saturated carbocycles. The number of carbonyl (C=O) groups excluding carboxylic acids is 1. The first-order valence-corrected chi connectivity index (χ1v) is 12.3. The van der Waals surface area contributed by atoms with Crippen LogP contribution in [0.25, 0.3) is 21.3 Å². The van der Waals surface area contributed by atoms with E-state index in [0.29, 0.717) is 57.7 Å². The van der Waals surface area contributed by atoms with Crippen LogP contribution in [0.1, 0.15) is 21.5 Å². The summed E-state index contributed by atoms with van der Waals surface area (Å²) in [5, 5.41) is 14.6. The van der Waals surface area contributed by atoms with Crippen LogP contribution in [-0.2, 0) is 4.74 Å². The maximum atomic E-state index is 13.8. The highest BCUT2D eigenvalue weighted by Gasteiger charge is 2.29. The van der Waals surface area contributed by atoms with Crippen molar-refractivity contribution in [2.24, 2.45) is 0 Å². The largest absolute Gasteiger partial charge is 0.383 e. The molecule has 4 aromatic rings. The molecule has 0 unspecified atom stereocenters. The van der Waals surface area contributed by atoms with E-state index in [2.05, 4.69) is 16.4 Å². The number of fused-ring (bicyclic) bond motifs is 1. The topological polar surface area (TPSA) is 104 Å². The number of amides is 1. The number of nitriles is 1. The van der Waals surface area contributed by atoms with Crippen molar-refractivity contribution >= 4 is 55.6 Å². The van der Waals surface area contributed by atoms with Crippen LogP contribution in [0, 0.1) is 18.3 Å². The zero-order valence-electron chi connectivity index (χ0n) is 19.0. The number of nitrogens with zero attached hydrogens (tertiary/aromatic N) is 3. The summed E-state index contributed by atoms with van der Waals surface area (Å²) in [6.07, 6.45) is 0. The quantitative estimate of drug-likeness (QED) is 0.376. The highest BCUT2D eigenvalue weighted by atomic mass is 35.5. The van der Waals surface area contributed by atoms with E-state index in [1.807, 2.05) is 43.3 Å². The zero-order chi connectivity index (χ0) is 24.5. The Labute approximate surface area is 211 Å². The van der Waals surface area contributed by atoms with E-state index < -0.39 is 0 Å². The molecule has 0 radical (unpaired) electrons. The second-order valence-corrected chi connectivity index (χ2v) is 9.70. The number of nitrogens with one attached hydrogen (secondary N) is 1. The van der Waals surface area contributed by atoms with Crippen molar-refractivity contribution in [3.63, 3.8) is 0 Å². The Morgan fingerprint density at radius 2 is 1.86 bits per heavy atom. The summed E-state index contributed by atoms with van der Waals surface area (Å²) in [6, 6.07) is 17.3. The van der Waals surface area contributed by atoms with E-state index in [1.165, 1.54) is 11.3 Å². The van der Waals surface area contributed by atoms with Gasteiger partial charge >= 0.3 is 0 Å². The number of aryl methyl sites for hydroxylation is 1. The molecular formula is C26H22ClN5O2S. The van der Waals surface area contributed by atoms with Crippen LogP contribution in [0.3, 0.4) is 0 Å². The molecule has 2 aromatic carbocycles. The van der Waals surface area contributed by atoms with E-state index in [0.717, 1.165) is 16.8 Å². The number of benzene rings is 2. The van der Waals surface area contributed by atoms with Crippen molar-refractivity contribution in [1.29, 1.82) is 5.26 Å². The molecule has 1 aliphatic heterocycles. The number of anilines is 3. The van der Waals surface area contributed by atoms with Crippen molar-refractivity contribution < 1.29 is 9.53 Å². The number of thiophene rings is 1. The number of halogens is 1. The van der Waals surface area contributed by atoms with E-state index in [-0.39, 0.29) is 17.3 Å². The molecule has 9 heteroatoms. The summed E-state index contributed by atoms with van der Waals surface area (Å²) in [6.45, 7) is 3.98. The number of morpholine rings is 1. The Kier molecular flexibility index (Phi) is 6.31. The maximum Gasteiger partial charge on any atom is 0.259 e. The average molecular weight is 504 g/mol. The van der Waals surface area contributed by atoms with Gasteiger partial charge in [0.25, 0.3) is 5.91 Å². The van der Waals surface area contributed by atoms with Crippen molar-refractivity contribution in [2.75, 3.05) is 37.4 Å². The first kappa shape index (κ1) is 23.1. The van der Waals surface area contributed by atoms with Crippen molar-refractivity contribution in [2.45, 2.75) is 6.92 Å². The molecule has 3 heterocycles. The highest BCUT2D eigenvalue weighted by Crippen LogP contribution is 2.45. The van der Waals surface area contributed by atoms with Gasteiger partial charge in [-0.15, -0.1) is 11.3 Å². The maximum absolute atomic E-state index is 13.8. The van der Waals surface area contributed by atoms with Crippen molar-refractivity contribution in [1.82, 2.24) is 9.88 Å². The van der Waals surface area contributed by atoms with Gasteiger partial charge in [-0.3, -0.25) is 4.79 Å². The van der Waals surface area contributed by atoms with Gasteiger partial charge in [-0.1, -0.05) is 41.4 Å². The number of carbonyl (C=O) groups is 1. The minimum absolute atomic E-state index is 0.0839. The summed E-state index contributed by atoms with van der Waals surface area (Å²) in [5.74, 6) is -0.0616. The Morgan fingerprint density at radius 1 is 1.17 bits per heavy atom. The smallest absolute Gasteiger partial charge is 0.259 e. The van der Waals surface area contributed by atoms with Crippen molar-refractivity contribution in [3.05, 3.63) is 70.2 Å². The van der Waals surface area contributed by atoms with Crippen molar-refractivity contribution in [3.8, 4) is 17.2 Å². The van der Waals surface area contributed by atoms with E-state index >= 15 is 0 Å². The van der Waals surface area contributed by atoms with Gasteiger partial charge in [-0.05, 0) is 36.8 Å². The molecule has 2 aromatic heterocycles. The molecule has 0 atom stereocenters. The van der Waals surface area contributed by atoms with Crippen LogP contribution in [0.2, 0.25) is 5.02 Å². The Morgan fingerprint density at radius 3 is 2.51 bits per heavy atom. The number of nitrogen functional groups attached to an aromatic ring is 1. The number of hydrogen-bond donors (Lipinski definition) is 2. The Balaban J connectivity index is 1.76. The summed E-state index contributed by atoms with van der Waals surface area (Å²) in [7, 11) is 0. The molecule has 1 aliphatic rings. The molecule has 1 fully saturated rings. The minimum atomic E-state index is -0.146. The van der Waals surface area contributed by atoms with Crippen LogP contribution in [0.5, 0.6) is 0 Å². The third-order valence-electron chi connectivity index (χ3n) is 5.91. The minimum Gasteiger partial charge on any atom is -0.383 e. The lowest BCUT2D eigenvalue weighted by atomic mass is 9.99. The second-order valence-electron chi connectivity index (χ2n) is 8.25. The highest BCUT2D eigenvalue weighted by molar-refractivity contribution is 7.24. The summed E-state index contributed by atoms with van der Waals surface area (Å²) in [4.78, 5) is 20.1. The predicted molar refractivity (Wildman–Crippen MR) is 140 cm³/mol. The van der Waals surface area contributed by atoms with Gasteiger partial charge in [0.1, 0.15) is 28.0 Å². The van der Waals surface area contributed by atoms with Crippen LogP contribution in [0.15, 0.2) is 48.5 Å². The lowest BCUT2D eigenvalue weighted by Gasteiger charge is -2.27. The van der Waals surface area contributed by atoms with E-state index in [4.69, 9.17) is 22.1 Å². The van der Waals surface area contributed by atoms with Gasteiger partial charge < -0.3 is 20.7 Å². The lowest BCUT2D eigenvalue weighted by Crippen LogP contribution is -2.40. The summed E-state index contributed by atoms with van der Waals surface area (Å²) >= 11 is 7.50. The fraction of sp³-hybridized carbons (Fsp3) is 0.192. The third kappa shape index (κ3) is 4.42. The fourth-order valence-corrected chi connectivity index (χ4v) is 5.45. The molecule has 176 valence electrons. The normalized spacial score (nSPS) is 13.6. The summed E-state index contributed by atoms with van der Waals surface area (Å²) in [5.41, 5.74) is 10.9. The molecule has 1 amide bonds. The van der Waals surface area contributed by atoms with Gasteiger partial charge in [0, 0.05) is 29.4 Å². The van der Waals surface area contributed by atoms with Crippen LogP contribution in [-0.4, -0.2) is 42.1 Å². The zero-order valence-corrected chi connectivity index (χ0v) is 20.5. The molecular weight excluding hydrogens is 482 g/mol. The second kappa shape index (κ2) is 9.55. The number of pyridine rings is 1. The molecule has 3 N–H and O–H groups in total. The average Bonchev–Trinajstić information content (AvgIpc) is 3.22. The first-order valence-electron chi connectivity index (χ1n) is 11.1. The molecule has 0 spiro atoms. The SMILES string of the molecule is Cc1ccc(Nc2sc3c(-c4ccc(Cl)cc4)c(C#N)c(N)nc3c2C(=O)N2CCOCC2)cc1. The number of rotatable bonds is 4. The Hall–Kier alpha value is -3.64. The first-order chi connectivity index (χ1) is 17.0. The van der Waals surface area contributed by atoms with E-state index in [1.54, 1.807) is 17.0 Å². The predicted octanol–water partition coefficient (Wildman–Crippen LogP) is 5.60. The molecule has 7 nitrogen and oxygen atoms in total. The van der Waals surface area contributed by atoms with Crippen LogP contribution >= 0.6 is 22.9 Å². The fourth-order valence-electron chi connectivity index (χ4n) is 4.10. The number of nitrogens with two attached hydrogens (primary N) is 1. The molecule has 35 heavy (non-hydrogen) atoms. The van der Waals surface area contributed by atoms with Gasteiger partial charge in [0.05, 0.1) is 23.4 Å². The Bertz CT molecular complexity index is 1450. The van der Waals surface area contributed by atoms with Gasteiger partial charge in [-0.2, -0.15) is 5.26 Å². The monoisotopic (exact) mass is 503 g/mol. The molecule has 0 bridgehead atoms. The van der Waals surface area contributed by atoms with Gasteiger partial charge in [0.15, 0.2) is 0 Å². The number of hydrogen-bond acceptors (Lipinski definition) is 7. The molecule has 0 aliphatic carbocycles. The van der Waals surface area contributed by atoms with Gasteiger partial charge in [0.2, 0.25) is 0 Å². The lowest BCUT2D eigenvalue weighted by molar-refractivity contribution is 0.0305.